The van der Waals surface area contributed by atoms with Gasteiger partial charge in [0.25, 0.3) is 0 Å². The van der Waals surface area contributed by atoms with Crippen LogP contribution in [0.2, 0.25) is 0 Å². The second-order valence-electron chi connectivity index (χ2n) is 4.45. The van der Waals surface area contributed by atoms with Gasteiger partial charge in [0.2, 0.25) is 6.79 Å². The first-order valence-corrected chi connectivity index (χ1v) is 6.13. The third kappa shape index (κ3) is 2.53. The number of rotatable bonds is 3. The SMILES string of the molecule is c1cc2c(cc1COC1CCNCC1)OCO2. The molecule has 17 heavy (non-hydrogen) atoms. The molecule has 4 heteroatoms. The minimum absolute atomic E-state index is 0.327. The Morgan fingerprint density at radius 3 is 2.88 bits per heavy atom. The van der Waals surface area contributed by atoms with E-state index in [0.717, 1.165) is 43.0 Å². The molecule has 1 saturated heterocycles. The van der Waals surface area contributed by atoms with Gasteiger partial charge in [-0.3, -0.25) is 0 Å². The van der Waals surface area contributed by atoms with Crippen LogP contribution in [-0.4, -0.2) is 26.0 Å². The van der Waals surface area contributed by atoms with Crippen molar-refractivity contribution in [2.24, 2.45) is 0 Å². The van der Waals surface area contributed by atoms with Crippen LogP contribution in [0.3, 0.4) is 0 Å². The van der Waals surface area contributed by atoms with Gasteiger partial charge >= 0.3 is 0 Å². The van der Waals surface area contributed by atoms with E-state index in [1.54, 1.807) is 0 Å². The summed E-state index contributed by atoms with van der Waals surface area (Å²) in [5, 5.41) is 3.33. The maximum absolute atomic E-state index is 5.89. The monoisotopic (exact) mass is 235 g/mol. The van der Waals surface area contributed by atoms with Crippen molar-refractivity contribution in [3.05, 3.63) is 23.8 Å². The Kier molecular flexibility index (Phi) is 3.16. The Morgan fingerprint density at radius 2 is 2.00 bits per heavy atom. The molecule has 0 amide bonds. The minimum Gasteiger partial charge on any atom is -0.454 e. The van der Waals surface area contributed by atoms with Crippen LogP contribution in [0.5, 0.6) is 11.5 Å². The van der Waals surface area contributed by atoms with Crippen molar-refractivity contribution in [1.29, 1.82) is 0 Å². The van der Waals surface area contributed by atoms with Gasteiger partial charge < -0.3 is 19.5 Å². The Bertz CT molecular complexity index is 388. The molecule has 4 nitrogen and oxygen atoms in total. The first-order chi connectivity index (χ1) is 8.42. The van der Waals surface area contributed by atoms with Crippen LogP contribution in [0, 0.1) is 0 Å². The molecule has 0 aromatic heterocycles. The summed E-state index contributed by atoms with van der Waals surface area (Å²) in [6, 6.07) is 5.99. The van der Waals surface area contributed by atoms with Crippen LogP contribution in [-0.2, 0) is 11.3 Å². The third-order valence-electron chi connectivity index (χ3n) is 3.21. The molecule has 0 bridgehead atoms. The summed E-state index contributed by atoms with van der Waals surface area (Å²) < 4.78 is 16.5. The van der Waals surface area contributed by atoms with E-state index in [1.165, 1.54) is 0 Å². The zero-order valence-corrected chi connectivity index (χ0v) is 9.78. The predicted octanol–water partition coefficient (Wildman–Crippen LogP) is 1.68. The van der Waals surface area contributed by atoms with Gasteiger partial charge in [0.15, 0.2) is 11.5 Å². The van der Waals surface area contributed by atoms with E-state index in [9.17, 15) is 0 Å². The average Bonchev–Trinajstić information content (AvgIpc) is 2.85. The first kappa shape index (κ1) is 10.9. The van der Waals surface area contributed by atoms with E-state index < -0.39 is 0 Å². The van der Waals surface area contributed by atoms with Crippen LogP contribution >= 0.6 is 0 Å². The van der Waals surface area contributed by atoms with Crippen LogP contribution in [0.25, 0.3) is 0 Å². The Balaban J connectivity index is 1.57. The molecular weight excluding hydrogens is 218 g/mol. The van der Waals surface area contributed by atoms with Crippen molar-refractivity contribution in [3.63, 3.8) is 0 Å². The van der Waals surface area contributed by atoms with Crippen molar-refractivity contribution in [2.75, 3.05) is 19.9 Å². The molecule has 2 aliphatic heterocycles. The van der Waals surface area contributed by atoms with Crippen LogP contribution < -0.4 is 14.8 Å². The van der Waals surface area contributed by atoms with Crippen molar-refractivity contribution < 1.29 is 14.2 Å². The van der Waals surface area contributed by atoms with Gasteiger partial charge in [-0.1, -0.05) is 6.07 Å². The van der Waals surface area contributed by atoms with Gasteiger partial charge in [-0.25, -0.2) is 0 Å². The fourth-order valence-corrected chi connectivity index (χ4v) is 2.21. The van der Waals surface area contributed by atoms with Crippen molar-refractivity contribution in [2.45, 2.75) is 25.6 Å². The maximum atomic E-state index is 5.89. The number of piperidine rings is 1. The molecule has 1 aromatic carbocycles. The second kappa shape index (κ2) is 4.94. The Hall–Kier alpha value is -1.26. The van der Waals surface area contributed by atoms with E-state index in [-0.39, 0.29) is 0 Å². The highest BCUT2D eigenvalue weighted by Gasteiger charge is 2.15. The lowest BCUT2D eigenvalue weighted by atomic mass is 10.1. The van der Waals surface area contributed by atoms with Crippen LogP contribution in [0.15, 0.2) is 18.2 Å². The lowest BCUT2D eigenvalue weighted by Crippen LogP contribution is -2.32. The molecule has 92 valence electrons. The molecule has 1 N–H and O–H groups in total. The quantitative estimate of drug-likeness (QED) is 0.865. The van der Waals surface area contributed by atoms with Crippen molar-refractivity contribution in [1.82, 2.24) is 5.32 Å². The molecule has 1 aromatic rings. The summed E-state index contributed by atoms with van der Waals surface area (Å²) in [5.74, 6) is 1.66. The van der Waals surface area contributed by atoms with E-state index >= 15 is 0 Å². The summed E-state index contributed by atoms with van der Waals surface area (Å²) in [6.45, 7) is 3.10. The molecule has 0 spiro atoms. The number of hydrogen-bond acceptors (Lipinski definition) is 4. The Morgan fingerprint density at radius 1 is 1.18 bits per heavy atom. The summed E-state index contributed by atoms with van der Waals surface area (Å²) in [6.07, 6.45) is 2.59. The van der Waals surface area contributed by atoms with Gasteiger partial charge in [-0.05, 0) is 43.6 Å². The van der Waals surface area contributed by atoms with Gasteiger partial charge in [0.1, 0.15) is 0 Å². The fraction of sp³-hybridized carbons (Fsp3) is 0.538. The molecular formula is C13H17NO3. The zero-order valence-electron chi connectivity index (χ0n) is 9.78. The summed E-state index contributed by atoms with van der Waals surface area (Å²) in [5.41, 5.74) is 1.15. The summed E-state index contributed by atoms with van der Waals surface area (Å²) in [7, 11) is 0. The standard InChI is InChI=1S/C13H17NO3/c1-2-12-13(17-9-16-12)7-10(1)8-15-11-3-5-14-6-4-11/h1-2,7,11,14H,3-6,8-9H2. The maximum Gasteiger partial charge on any atom is 0.231 e. The number of benzene rings is 1. The Labute approximate surface area is 101 Å². The average molecular weight is 235 g/mol. The molecule has 2 heterocycles. The van der Waals surface area contributed by atoms with Gasteiger partial charge in [-0.15, -0.1) is 0 Å². The van der Waals surface area contributed by atoms with E-state index in [1.807, 2.05) is 18.2 Å². The number of nitrogens with one attached hydrogen (secondary N) is 1. The highest BCUT2D eigenvalue weighted by atomic mass is 16.7. The van der Waals surface area contributed by atoms with E-state index in [4.69, 9.17) is 14.2 Å². The van der Waals surface area contributed by atoms with Gasteiger partial charge in [0.05, 0.1) is 12.7 Å². The highest BCUT2D eigenvalue weighted by Crippen LogP contribution is 2.32. The molecule has 3 rings (SSSR count). The van der Waals surface area contributed by atoms with Crippen LogP contribution in [0.1, 0.15) is 18.4 Å². The molecule has 2 aliphatic rings. The van der Waals surface area contributed by atoms with Gasteiger partial charge in [0, 0.05) is 0 Å². The van der Waals surface area contributed by atoms with E-state index in [0.29, 0.717) is 19.5 Å². The number of hydrogen-bond donors (Lipinski definition) is 1. The molecule has 1 fully saturated rings. The second-order valence-corrected chi connectivity index (χ2v) is 4.45. The molecule has 0 unspecified atom stereocenters. The molecule has 0 saturated carbocycles. The van der Waals surface area contributed by atoms with E-state index in [2.05, 4.69) is 5.32 Å². The minimum atomic E-state index is 0.327. The lowest BCUT2D eigenvalue weighted by Gasteiger charge is -2.22. The zero-order chi connectivity index (χ0) is 11.5. The summed E-state index contributed by atoms with van der Waals surface area (Å²) >= 11 is 0. The first-order valence-electron chi connectivity index (χ1n) is 6.13. The molecule has 0 atom stereocenters. The van der Waals surface area contributed by atoms with Crippen molar-refractivity contribution >= 4 is 0 Å². The van der Waals surface area contributed by atoms with Crippen LogP contribution in [0.4, 0.5) is 0 Å². The fourth-order valence-electron chi connectivity index (χ4n) is 2.21. The molecule has 0 aliphatic carbocycles. The van der Waals surface area contributed by atoms with Crippen molar-refractivity contribution in [3.8, 4) is 11.5 Å². The lowest BCUT2D eigenvalue weighted by molar-refractivity contribution is 0.0212. The predicted molar refractivity (Wildman–Crippen MR) is 63.2 cm³/mol. The number of fused-ring (bicyclic) bond motifs is 1. The third-order valence-corrected chi connectivity index (χ3v) is 3.21. The van der Waals surface area contributed by atoms with Gasteiger partial charge in [-0.2, -0.15) is 0 Å². The largest absolute Gasteiger partial charge is 0.454 e. The molecule has 0 radical (unpaired) electrons. The number of ether oxygens (including phenoxy) is 3. The smallest absolute Gasteiger partial charge is 0.231 e. The normalized spacial score (nSPS) is 19.5. The highest BCUT2D eigenvalue weighted by molar-refractivity contribution is 5.44. The summed E-state index contributed by atoms with van der Waals surface area (Å²) in [4.78, 5) is 0. The topological polar surface area (TPSA) is 39.7 Å².